The van der Waals surface area contributed by atoms with Crippen LogP contribution in [0.3, 0.4) is 0 Å². The summed E-state index contributed by atoms with van der Waals surface area (Å²) in [5, 5.41) is 2.48. The summed E-state index contributed by atoms with van der Waals surface area (Å²) in [6, 6.07) is 68.7. The van der Waals surface area contributed by atoms with Gasteiger partial charge in [0.25, 0.3) is 0 Å². The Morgan fingerprint density at radius 1 is 0.360 bits per heavy atom. The minimum absolute atomic E-state index is 0.107. The predicted octanol–water partition coefficient (Wildman–Crippen LogP) is 13.6. The monoisotopic (exact) mass is 639 g/mol. The Labute approximate surface area is 294 Å². The van der Waals surface area contributed by atoms with Gasteiger partial charge in [0.1, 0.15) is 0 Å². The van der Waals surface area contributed by atoms with Crippen molar-refractivity contribution >= 4 is 27.8 Å². The molecule has 0 saturated carbocycles. The molecule has 8 aromatic rings. The van der Waals surface area contributed by atoms with Gasteiger partial charge in [0.15, 0.2) is 0 Å². The molecule has 0 heterocycles. The Kier molecular flexibility index (Phi) is 7.21. The number of hydrogen-bond acceptors (Lipinski definition) is 1. The Balaban J connectivity index is 1.31. The Morgan fingerprint density at radius 3 is 1.84 bits per heavy atom. The van der Waals surface area contributed by atoms with E-state index in [1.54, 1.807) is 0 Å². The molecule has 0 fully saturated rings. The van der Waals surface area contributed by atoms with Crippen LogP contribution >= 0.6 is 0 Å². The van der Waals surface area contributed by atoms with Crippen molar-refractivity contribution in [3.05, 3.63) is 199 Å². The molecule has 1 heteroatoms. The first kappa shape index (κ1) is 29.9. The molecule has 1 aliphatic rings. The molecule has 0 N–H and O–H groups in total. The van der Waals surface area contributed by atoms with Crippen molar-refractivity contribution in [2.75, 3.05) is 4.90 Å². The molecule has 0 spiro atoms. The molecule has 9 rings (SSSR count). The molecule has 1 aliphatic carbocycles. The second-order valence-corrected chi connectivity index (χ2v) is 13.8. The summed E-state index contributed by atoms with van der Waals surface area (Å²) >= 11 is 0. The Morgan fingerprint density at radius 2 is 1.00 bits per heavy atom. The summed E-state index contributed by atoms with van der Waals surface area (Å²) < 4.78 is 0. The van der Waals surface area contributed by atoms with Gasteiger partial charge in [0, 0.05) is 22.4 Å². The van der Waals surface area contributed by atoms with Gasteiger partial charge in [-0.05, 0) is 103 Å². The summed E-state index contributed by atoms with van der Waals surface area (Å²) in [7, 11) is 0. The highest BCUT2D eigenvalue weighted by molar-refractivity contribution is 5.99. The van der Waals surface area contributed by atoms with E-state index < -0.39 is 0 Å². The van der Waals surface area contributed by atoms with E-state index in [2.05, 4.69) is 207 Å². The lowest BCUT2D eigenvalue weighted by Gasteiger charge is -2.31. The number of anilines is 3. The van der Waals surface area contributed by atoms with Crippen molar-refractivity contribution in [2.24, 2.45) is 0 Å². The zero-order valence-electron chi connectivity index (χ0n) is 28.3. The quantitative estimate of drug-likeness (QED) is 0.175. The van der Waals surface area contributed by atoms with Crippen LogP contribution in [-0.4, -0.2) is 0 Å². The molecule has 50 heavy (non-hydrogen) atoms. The smallest absolute Gasteiger partial charge is 0.0546 e. The highest BCUT2D eigenvalue weighted by Gasteiger charge is 2.36. The topological polar surface area (TPSA) is 3.24 Å². The fourth-order valence-electron chi connectivity index (χ4n) is 7.95. The van der Waals surface area contributed by atoms with Crippen LogP contribution in [0.15, 0.2) is 188 Å². The first-order valence-corrected chi connectivity index (χ1v) is 17.4. The number of hydrogen-bond donors (Lipinski definition) is 0. The summed E-state index contributed by atoms with van der Waals surface area (Å²) in [6.07, 6.45) is 0. The Bertz CT molecular complexity index is 2510. The molecular formula is C49H37N. The average Bonchev–Trinajstić information content (AvgIpc) is 3.41. The number of nitrogens with zero attached hydrogens (tertiary/aromatic N) is 1. The molecule has 0 amide bonds. The van der Waals surface area contributed by atoms with Crippen LogP contribution in [0.25, 0.3) is 55.3 Å². The molecule has 0 atom stereocenters. The highest BCUT2D eigenvalue weighted by atomic mass is 15.1. The van der Waals surface area contributed by atoms with Crippen LogP contribution in [0, 0.1) is 0 Å². The van der Waals surface area contributed by atoms with Crippen molar-refractivity contribution in [3.8, 4) is 44.5 Å². The molecular weight excluding hydrogens is 603 g/mol. The second-order valence-electron chi connectivity index (χ2n) is 13.8. The third kappa shape index (κ3) is 5.02. The highest BCUT2D eigenvalue weighted by Crippen LogP contribution is 2.52. The van der Waals surface area contributed by atoms with Crippen molar-refractivity contribution in [1.82, 2.24) is 0 Å². The molecule has 0 saturated heterocycles. The number of para-hydroxylation sites is 1. The van der Waals surface area contributed by atoms with E-state index in [9.17, 15) is 0 Å². The molecule has 1 nitrogen and oxygen atoms in total. The van der Waals surface area contributed by atoms with Gasteiger partial charge < -0.3 is 4.90 Å². The maximum absolute atomic E-state index is 2.45. The summed E-state index contributed by atoms with van der Waals surface area (Å²) in [5.41, 5.74) is 15.9. The fraction of sp³-hybridized carbons (Fsp3) is 0.0612. The third-order valence-electron chi connectivity index (χ3n) is 10.4. The summed E-state index contributed by atoms with van der Waals surface area (Å²) in [6.45, 7) is 4.71. The molecule has 0 aromatic heterocycles. The molecule has 0 unspecified atom stereocenters. The van der Waals surface area contributed by atoms with Crippen molar-refractivity contribution < 1.29 is 0 Å². The average molecular weight is 640 g/mol. The summed E-state index contributed by atoms with van der Waals surface area (Å²) in [4.78, 5) is 2.45. The lowest BCUT2D eigenvalue weighted by molar-refractivity contribution is 0.660. The van der Waals surface area contributed by atoms with Crippen LogP contribution in [0.2, 0.25) is 0 Å². The van der Waals surface area contributed by atoms with E-state index in [1.165, 1.54) is 66.4 Å². The van der Waals surface area contributed by atoms with Gasteiger partial charge in [0.05, 0.1) is 5.69 Å². The number of rotatable bonds is 6. The van der Waals surface area contributed by atoms with Crippen molar-refractivity contribution in [1.29, 1.82) is 0 Å². The van der Waals surface area contributed by atoms with Gasteiger partial charge in [-0.25, -0.2) is 0 Å². The van der Waals surface area contributed by atoms with Crippen LogP contribution in [0.4, 0.5) is 17.1 Å². The number of benzene rings is 8. The van der Waals surface area contributed by atoms with Gasteiger partial charge in [-0.3, -0.25) is 0 Å². The summed E-state index contributed by atoms with van der Waals surface area (Å²) in [5.74, 6) is 0. The molecule has 0 aliphatic heterocycles. The van der Waals surface area contributed by atoms with E-state index in [1.807, 2.05) is 0 Å². The Hall–Kier alpha value is -6.18. The van der Waals surface area contributed by atoms with Gasteiger partial charge in [-0.2, -0.15) is 0 Å². The molecule has 238 valence electrons. The van der Waals surface area contributed by atoms with Crippen molar-refractivity contribution in [3.63, 3.8) is 0 Å². The van der Waals surface area contributed by atoms with Crippen LogP contribution in [0.5, 0.6) is 0 Å². The second kappa shape index (κ2) is 12.1. The largest absolute Gasteiger partial charge is 0.310 e. The van der Waals surface area contributed by atoms with Crippen LogP contribution < -0.4 is 4.90 Å². The maximum Gasteiger partial charge on any atom is 0.0546 e. The maximum atomic E-state index is 2.45. The van der Waals surface area contributed by atoms with E-state index in [4.69, 9.17) is 0 Å². The fourth-order valence-corrected chi connectivity index (χ4v) is 7.95. The minimum atomic E-state index is -0.107. The van der Waals surface area contributed by atoms with Gasteiger partial charge in [-0.1, -0.05) is 159 Å². The van der Waals surface area contributed by atoms with Gasteiger partial charge in [0.2, 0.25) is 0 Å². The third-order valence-corrected chi connectivity index (χ3v) is 10.4. The van der Waals surface area contributed by atoms with E-state index in [-0.39, 0.29) is 5.41 Å². The van der Waals surface area contributed by atoms with E-state index in [0.29, 0.717) is 0 Å². The molecule has 0 radical (unpaired) electrons. The minimum Gasteiger partial charge on any atom is -0.310 e. The first-order chi connectivity index (χ1) is 24.6. The number of fused-ring (bicyclic) bond motifs is 4. The normalized spacial score (nSPS) is 12.8. The lowest BCUT2D eigenvalue weighted by atomic mass is 9.82. The zero-order chi connectivity index (χ0) is 33.7. The molecule has 0 bridgehead atoms. The molecule has 8 aromatic carbocycles. The lowest BCUT2D eigenvalue weighted by Crippen LogP contribution is -2.17. The SMILES string of the molecule is CC1(C)c2ccccc2-c2ccc(N(c3ccccc3)c3cccc(-c4ccc5ccccc5c4)c3-c3cccc(-c4ccccc4)c3)cc21. The van der Waals surface area contributed by atoms with Crippen LogP contribution in [-0.2, 0) is 5.41 Å². The van der Waals surface area contributed by atoms with Crippen LogP contribution in [0.1, 0.15) is 25.0 Å². The standard InChI is InChI=1S/C49H37N/c1-49(2)45-25-12-11-23-43(45)44-30-29-41(33-46(44)49)50(40-21-7-4-8-22-40)47-26-14-24-42(38-28-27-35-17-9-10-18-36(35)31-38)48(47)39-20-13-19-37(32-39)34-15-5-3-6-16-34/h3-33H,1-2H3. The zero-order valence-corrected chi connectivity index (χ0v) is 28.3. The van der Waals surface area contributed by atoms with Gasteiger partial charge >= 0.3 is 0 Å². The first-order valence-electron chi connectivity index (χ1n) is 17.4. The van der Waals surface area contributed by atoms with Crippen molar-refractivity contribution in [2.45, 2.75) is 19.3 Å². The van der Waals surface area contributed by atoms with Gasteiger partial charge in [-0.15, -0.1) is 0 Å². The predicted molar refractivity (Wildman–Crippen MR) is 213 cm³/mol. The van der Waals surface area contributed by atoms with E-state index >= 15 is 0 Å². The van der Waals surface area contributed by atoms with E-state index in [0.717, 1.165) is 17.1 Å².